The highest BCUT2D eigenvalue weighted by Crippen LogP contribution is 2.31. The highest BCUT2D eigenvalue weighted by molar-refractivity contribution is 6.04. The Hall–Kier alpha value is -3.94. The molecule has 1 aromatic carbocycles. The van der Waals surface area contributed by atoms with E-state index in [0.717, 1.165) is 11.1 Å². The van der Waals surface area contributed by atoms with Crippen molar-refractivity contribution in [1.29, 1.82) is 0 Å². The minimum atomic E-state index is -1.11. The Balaban J connectivity index is 1.80. The zero-order chi connectivity index (χ0) is 19.8. The van der Waals surface area contributed by atoms with Gasteiger partial charge < -0.3 is 10.4 Å². The number of carboxylic acid groups (broad SMARTS) is 1. The van der Waals surface area contributed by atoms with Crippen molar-refractivity contribution >= 4 is 28.7 Å². The number of carbonyl (C=O) groups is 2. The van der Waals surface area contributed by atoms with Gasteiger partial charge >= 0.3 is 6.09 Å². The Morgan fingerprint density at radius 1 is 1.14 bits per heavy atom. The molecule has 0 aliphatic heterocycles. The molecule has 0 unspecified atom stereocenters. The Morgan fingerprint density at radius 2 is 1.93 bits per heavy atom. The molecule has 0 spiro atoms. The summed E-state index contributed by atoms with van der Waals surface area (Å²) in [7, 11) is 1.66. The summed E-state index contributed by atoms with van der Waals surface area (Å²) in [4.78, 5) is 28.6. The van der Waals surface area contributed by atoms with Crippen LogP contribution >= 0.6 is 0 Å². The van der Waals surface area contributed by atoms with Crippen molar-refractivity contribution in [2.75, 3.05) is 5.32 Å². The van der Waals surface area contributed by atoms with E-state index in [0.29, 0.717) is 22.3 Å². The molecule has 0 aliphatic carbocycles. The molecule has 3 heterocycles. The maximum Gasteiger partial charge on any atom is 0.416 e. The lowest BCUT2D eigenvalue weighted by Gasteiger charge is -2.09. The zero-order valence-corrected chi connectivity index (χ0v) is 15.2. The number of nitrogens with zero attached hydrogens (tertiary/aromatic N) is 4. The van der Waals surface area contributed by atoms with Crippen LogP contribution in [0.5, 0.6) is 0 Å². The largest absolute Gasteiger partial charge is 0.464 e. The number of amides is 1. The third kappa shape index (κ3) is 2.90. The molecule has 0 saturated carbocycles. The quantitative estimate of drug-likeness (QED) is 0.570. The van der Waals surface area contributed by atoms with Gasteiger partial charge in [-0.3, -0.25) is 9.48 Å². The number of hydrogen-bond donors (Lipinski definition) is 2. The molecular formula is C20H17N5O3. The van der Waals surface area contributed by atoms with E-state index in [1.54, 1.807) is 31.4 Å². The van der Waals surface area contributed by atoms with Crippen LogP contribution in [0.3, 0.4) is 0 Å². The molecule has 28 heavy (non-hydrogen) atoms. The third-order valence-electron chi connectivity index (χ3n) is 4.59. The number of anilines is 1. The summed E-state index contributed by atoms with van der Waals surface area (Å²) in [5.41, 5.74) is 3.15. The average molecular weight is 375 g/mol. The Bertz CT molecular complexity index is 1220. The van der Waals surface area contributed by atoms with Gasteiger partial charge in [-0.05, 0) is 24.6 Å². The maximum absolute atomic E-state index is 12.4. The van der Waals surface area contributed by atoms with Gasteiger partial charge in [-0.15, -0.1) is 0 Å². The second-order valence-corrected chi connectivity index (χ2v) is 6.39. The molecule has 0 atom stereocenters. The van der Waals surface area contributed by atoms with Gasteiger partial charge in [0.25, 0.3) is 5.91 Å². The normalized spacial score (nSPS) is 10.9. The first kappa shape index (κ1) is 17.5. The topological polar surface area (TPSA) is 102 Å². The SMILES string of the molecule is Cc1ccccc1-c1cc2cnc(NC(=O)c3ccnn3C)cc2n1C(=O)O. The van der Waals surface area contributed by atoms with Crippen LogP contribution in [0.15, 0.2) is 54.9 Å². The van der Waals surface area contributed by atoms with Gasteiger partial charge in [0.2, 0.25) is 0 Å². The number of carbonyl (C=O) groups excluding carboxylic acids is 1. The Labute approximate surface area is 160 Å². The van der Waals surface area contributed by atoms with Crippen molar-refractivity contribution in [2.24, 2.45) is 7.05 Å². The summed E-state index contributed by atoms with van der Waals surface area (Å²) in [5.74, 6) is -0.116. The van der Waals surface area contributed by atoms with Crippen LogP contribution in [0.1, 0.15) is 16.1 Å². The second-order valence-electron chi connectivity index (χ2n) is 6.39. The van der Waals surface area contributed by atoms with Gasteiger partial charge in [-0.2, -0.15) is 5.10 Å². The first-order valence-electron chi connectivity index (χ1n) is 8.56. The van der Waals surface area contributed by atoms with Crippen molar-refractivity contribution in [3.8, 4) is 11.3 Å². The minimum Gasteiger partial charge on any atom is -0.464 e. The Morgan fingerprint density at radius 3 is 2.61 bits per heavy atom. The zero-order valence-electron chi connectivity index (χ0n) is 15.2. The van der Waals surface area contributed by atoms with E-state index in [9.17, 15) is 14.7 Å². The first-order valence-corrected chi connectivity index (χ1v) is 8.56. The molecule has 140 valence electrons. The van der Waals surface area contributed by atoms with Crippen LogP contribution in [-0.4, -0.2) is 36.4 Å². The number of aromatic nitrogens is 4. The predicted octanol–water partition coefficient (Wildman–Crippen LogP) is 3.52. The second kappa shape index (κ2) is 6.66. The molecule has 1 amide bonds. The maximum atomic E-state index is 12.4. The summed E-state index contributed by atoms with van der Waals surface area (Å²) >= 11 is 0. The molecule has 4 rings (SSSR count). The van der Waals surface area contributed by atoms with Gasteiger partial charge in [0, 0.05) is 36.5 Å². The van der Waals surface area contributed by atoms with Crippen LogP contribution in [0.25, 0.3) is 22.2 Å². The van der Waals surface area contributed by atoms with Crippen LogP contribution in [0.4, 0.5) is 10.6 Å². The number of hydrogen-bond acceptors (Lipinski definition) is 4. The lowest BCUT2D eigenvalue weighted by Crippen LogP contribution is -2.17. The fourth-order valence-corrected chi connectivity index (χ4v) is 3.21. The molecule has 0 aliphatic rings. The Kier molecular flexibility index (Phi) is 4.15. The van der Waals surface area contributed by atoms with E-state index in [-0.39, 0.29) is 11.7 Å². The summed E-state index contributed by atoms with van der Waals surface area (Å²) < 4.78 is 2.66. The number of pyridine rings is 1. The van der Waals surface area contributed by atoms with Gasteiger partial charge in [0.1, 0.15) is 11.5 Å². The molecule has 8 nitrogen and oxygen atoms in total. The predicted molar refractivity (Wildman–Crippen MR) is 104 cm³/mol. The summed E-state index contributed by atoms with van der Waals surface area (Å²) in [6, 6.07) is 12.5. The lowest BCUT2D eigenvalue weighted by molar-refractivity contribution is 0.101. The van der Waals surface area contributed by atoms with Gasteiger partial charge in [-0.1, -0.05) is 24.3 Å². The summed E-state index contributed by atoms with van der Waals surface area (Å²) in [6.45, 7) is 1.93. The molecule has 4 aromatic rings. The van der Waals surface area contributed by atoms with Gasteiger partial charge in [0.15, 0.2) is 0 Å². The van der Waals surface area contributed by atoms with Crippen molar-refractivity contribution in [1.82, 2.24) is 19.3 Å². The van der Waals surface area contributed by atoms with E-state index >= 15 is 0 Å². The molecule has 0 saturated heterocycles. The highest BCUT2D eigenvalue weighted by Gasteiger charge is 2.18. The van der Waals surface area contributed by atoms with E-state index < -0.39 is 6.09 Å². The number of rotatable bonds is 3. The smallest absolute Gasteiger partial charge is 0.416 e. The fraction of sp³-hybridized carbons (Fsp3) is 0.100. The standard InChI is InChI=1S/C20H17N5O3/c1-12-5-3-4-6-14(12)17-9-13-11-21-18(10-16(13)25(17)20(27)28)23-19(26)15-7-8-22-24(15)2/h3-11H,1-2H3,(H,27,28)(H,21,23,26). The molecule has 0 bridgehead atoms. The van der Waals surface area contributed by atoms with Crippen molar-refractivity contribution in [3.63, 3.8) is 0 Å². The lowest BCUT2D eigenvalue weighted by atomic mass is 10.1. The third-order valence-corrected chi connectivity index (χ3v) is 4.59. The van der Waals surface area contributed by atoms with Crippen LogP contribution in [0, 0.1) is 6.92 Å². The molecule has 0 radical (unpaired) electrons. The fourth-order valence-electron chi connectivity index (χ4n) is 3.21. The molecule has 0 fully saturated rings. The first-order chi connectivity index (χ1) is 13.5. The van der Waals surface area contributed by atoms with E-state index in [1.165, 1.54) is 15.4 Å². The number of aryl methyl sites for hydroxylation is 2. The molecule has 2 N–H and O–H groups in total. The van der Waals surface area contributed by atoms with E-state index in [1.807, 2.05) is 31.2 Å². The monoisotopic (exact) mass is 375 g/mol. The average Bonchev–Trinajstić information content (AvgIpc) is 3.25. The summed E-state index contributed by atoms with van der Waals surface area (Å²) in [5, 5.41) is 17.1. The van der Waals surface area contributed by atoms with Crippen LogP contribution in [0.2, 0.25) is 0 Å². The van der Waals surface area contributed by atoms with Crippen molar-refractivity contribution in [2.45, 2.75) is 6.92 Å². The van der Waals surface area contributed by atoms with Crippen molar-refractivity contribution < 1.29 is 14.7 Å². The minimum absolute atomic E-state index is 0.260. The highest BCUT2D eigenvalue weighted by atomic mass is 16.4. The van der Waals surface area contributed by atoms with Crippen LogP contribution in [-0.2, 0) is 7.05 Å². The molecule has 8 heteroatoms. The molecular weight excluding hydrogens is 358 g/mol. The van der Waals surface area contributed by atoms with Gasteiger partial charge in [-0.25, -0.2) is 14.3 Å². The number of benzene rings is 1. The van der Waals surface area contributed by atoms with Crippen LogP contribution < -0.4 is 5.32 Å². The molecule has 3 aromatic heterocycles. The van der Waals surface area contributed by atoms with Crippen molar-refractivity contribution in [3.05, 3.63) is 66.1 Å². The van der Waals surface area contributed by atoms with Gasteiger partial charge in [0.05, 0.1) is 11.2 Å². The number of fused-ring (bicyclic) bond motifs is 1. The summed E-state index contributed by atoms with van der Waals surface area (Å²) in [6.07, 6.45) is 1.97. The number of nitrogens with one attached hydrogen (secondary N) is 1. The van der Waals surface area contributed by atoms with E-state index in [4.69, 9.17) is 0 Å². The van der Waals surface area contributed by atoms with E-state index in [2.05, 4.69) is 15.4 Å².